The molecule has 0 radical (unpaired) electrons. The normalized spacial score (nSPS) is 23.6. The summed E-state index contributed by atoms with van der Waals surface area (Å²) >= 11 is 0. The number of non-ortho nitro benzene ring substituents is 1. The van der Waals surface area contributed by atoms with Crippen molar-refractivity contribution < 1.29 is 18.4 Å². The molecule has 9 heteroatoms. The molecular weight excluding hydrogens is 344 g/mol. The maximum atomic E-state index is 12.5. The summed E-state index contributed by atoms with van der Waals surface area (Å²) in [6.07, 6.45) is 2.17. The van der Waals surface area contributed by atoms with E-state index in [1.165, 1.54) is 18.2 Å². The number of nitrogens with zero attached hydrogens (tertiary/aromatic N) is 2. The molecule has 1 aromatic carbocycles. The molecule has 6 nitrogen and oxygen atoms in total. The van der Waals surface area contributed by atoms with Crippen LogP contribution < -0.4 is 10.1 Å². The van der Waals surface area contributed by atoms with Crippen LogP contribution in [0.3, 0.4) is 0 Å². The second kappa shape index (κ2) is 7.58. The van der Waals surface area contributed by atoms with Gasteiger partial charge in [-0.2, -0.15) is 8.78 Å². The van der Waals surface area contributed by atoms with Crippen LogP contribution in [0, 0.1) is 15.5 Å². The van der Waals surface area contributed by atoms with Crippen LogP contribution in [0.4, 0.5) is 14.5 Å². The zero-order chi connectivity index (χ0) is 16.4. The number of alkyl halides is 2. The Kier molecular flexibility index (Phi) is 5.95. The lowest BCUT2D eigenvalue weighted by Crippen LogP contribution is -2.29. The molecule has 0 saturated carbocycles. The second-order valence-corrected chi connectivity index (χ2v) is 6.32. The standard InChI is InChI=1S/C15H19F2N3O3.ClH/c16-14(17)23-13-2-1-12(20(21)22)7-11(13)8-19-6-4-15(10-19)3-5-18-9-15;/h1-2,7,14,18H,3-6,8-10H2;1H. The van der Waals surface area contributed by atoms with Crippen molar-refractivity contribution in [2.24, 2.45) is 5.41 Å². The van der Waals surface area contributed by atoms with Gasteiger partial charge in [-0.3, -0.25) is 15.0 Å². The van der Waals surface area contributed by atoms with Crippen molar-refractivity contribution in [1.29, 1.82) is 0 Å². The highest BCUT2D eigenvalue weighted by Gasteiger charge is 2.40. The fourth-order valence-corrected chi connectivity index (χ4v) is 3.56. The van der Waals surface area contributed by atoms with E-state index in [0.29, 0.717) is 12.1 Å². The minimum Gasteiger partial charge on any atom is -0.434 e. The molecule has 0 bridgehead atoms. The number of nitro groups is 1. The molecule has 1 unspecified atom stereocenters. The van der Waals surface area contributed by atoms with Crippen molar-refractivity contribution in [3.63, 3.8) is 0 Å². The van der Waals surface area contributed by atoms with Crippen molar-refractivity contribution in [1.82, 2.24) is 10.2 Å². The van der Waals surface area contributed by atoms with E-state index in [4.69, 9.17) is 0 Å². The summed E-state index contributed by atoms with van der Waals surface area (Å²) in [5, 5.41) is 14.3. The third-order valence-electron chi connectivity index (χ3n) is 4.71. The molecule has 0 amide bonds. The van der Waals surface area contributed by atoms with E-state index < -0.39 is 11.5 Å². The fourth-order valence-electron chi connectivity index (χ4n) is 3.56. The smallest absolute Gasteiger partial charge is 0.387 e. The Morgan fingerprint density at radius 2 is 2.21 bits per heavy atom. The highest BCUT2D eigenvalue weighted by molar-refractivity contribution is 5.85. The summed E-state index contributed by atoms with van der Waals surface area (Å²) in [6.45, 7) is 1.14. The highest BCUT2D eigenvalue weighted by atomic mass is 35.5. The lowest BCUT2D eigenvalue weighted by molar-refractivity contribution is -0.385. The quantitative estimate of drug-likeness (QED) is 0.643. The molecule has 2 fully saturated rings. The lowest BCUT2D eigenvalue weighted by atomic mass is 9.86. The van der Waals surface area contributed by atoms with Gasteiger partial charge >= 0.3 is 6.61 Å². The number of nitrogens with one attached hydrogen (secondary N) is 1. The Morgan fingerprint density at radius 3 is 2.83 bits per heavy atom. The van der Waals surface area contributed by atoms with Gasteiger partial charge in [-0.1, -0.05) is 0 Å². The van der Waals surface area contributed by atoms with Gasteiger partial charge in [0.2, 0.25) is 0 Å². The molecule has 2 saturated heterocycles. The Labute approximate surface area is 144 Å². The Morgan fingerprint density at radius 1 is 1.42 bits per heavy atom. The van der Waals surface area contributed by atoms with Gasteiger partial charge in [-0.25, -0.2) is 0 Å². The van der Waals surface area contributed by atoms with Crippen molar-refractivity contribution in [2.45, 2.75) is 26.0 Å². The van der Waals surface area contributed by atoms with Crippen LogP contribution in [-0.4, -0.2) is 42.6 Å². The zero-order valence-corrected chi connectivity index (χ0v) is 13.9. The van der Waals surface area contributed by atoms with Gasteiger partial charge in [0, 0.05) is 37.3 Å². The van der Waals surface area contributed by atoms with Crippen LogP contribution >= 0.6 is 12.4 Å². The Hall–Kier alpha value is -1.51. The van der Waals surface area contributed by atoms with Crippen molar-refractivity contribution in [3.8, 4) is 5.75 Å². The molecule has 1 spiro atoms. The molecule has 0 aliphatic carbocycles. The van der Waals surface area contributed by atoms with Crippen LogP contribution in [0.25, 0.3) is 0 Å². The lowest BCUT2D eigenvalue weighted by Gasteiger charge is -2.23. The molecule has 1 aromatic rings. The van der Waals surface area contributed by atoms with E-state index in [1.807, 2.05) is 0 Å². The fraction of sp³-hybridized carbons (Fsp3) is 0.600. The summed E-state index contributed by atoms with van der Waals surface area (Å²) in [4.78, 5) is 12.6. The SMILES string of the molecule is Cl.O=[N+]([O-])c1ccc(OC(F)F)c(CN2CCC3(CCNC3)C2)c1. The molecule has 2 heterocycles. The van der Waals surface area contributed by atoms with Gasteiger partial charge in [-0.05, 0) is 37.4 Å². The minimum absolute atomic E-state index is 0. The molecule has 0 aromatic heterocycles. The first-order valence-corrected chi connectivity index (χ1v) is 7.63. The Balaban J connectivity index is 0.00000208. The predicted octanol–water partition coefficient (Wildman–Crippen LogP) is 2.80. The molecule has 1 N–H and O–H groups in total. The first-order chi connectivity index (χ1) is 11.0. The maximum absolute atomic E-state index is 12.5. The Bertz CT molecular complexity index is 597. The summed E-state index contributed by atoms with van der Waals surface area (Å²) in [5.74, 6) is 0.0103. The van der Waals surface area contributed by atoms with Gasteiger partial charge < -0.3 is 10.1 Å². The highest BCUT2D eigenvalue weighted by Crippen LogP contribution is 2.37. The summed E-state index contributed by atoms with van der Waals surface area (Å²) < 4.78 is 29.6. The summed E-state index contributed by atoms with van der Waals surface area (Å²) in [5.41, 5.74) is 0.574. The number of rotatable bonds is 5. The number of nitro benzene ring substituents is 1. The van der Waals surface area contributed by atoms with E-state index >= 15 is 0 Å². The minimum atomic E-state index is -2.95. The van der Waals surface area contributed by atoms with Gasteiger partial charge in [0.05, 0.1) is 4.92 Å². The number of benzene rings is 1. The van der Waals surface area contributed by atoms with Crippen LogP contribution in [0.2, 0.25) is 0 Å². The number of hydrogen-bond acceptors (Lipinski definition) is 5. The largest absolute Gasteiger partial charge is 0.434 e. The van der Waals surface area contributed by atoms with Gasteiger partial charge in [0.15, 0.2) is 0 Å². The summed E-state index contributed by atoms with van der Waals surface area (Å²) in [6, 6.07) is 3.77. The van der Waals surface area contributed by atoms with Gasteiger partial charge in [0.25, 0.3) is 5.69 Å². The molecule has 134 valence electrons. The van der Waals surface area contributed by atoms with Gasteiger partial charge in [0.1, 0.15) is 5.75 Å². The van der Waals surface area contributed by atoms with E-state index in [2.05, 4.69) is 15.0 Å². The molecule has 2 aliphatic rings. The molecule has 24 heavy (non-hydrogen) atoms. The third-order valence-corrected chi connectivity index (χ3v) is 4.71. The van der Waals surface area contributed by atoms with Crippen LogP contribution in [0.5, 0.6) is 5.75 Å². The number of halogens is 3. The van der Waals surface area contributed by atoms with Crippen molar-refractivity contribution >= 4 is 18.1 Å². The monoisotopic (exact) mass is 363 g/mol. The van der Waals surface area contributed by atoms with Crippen LogP contribution in [0.1, 0.15) is 18.4 Å². The summed E-state index contributed by atoms with van der Waals surface area (Å²) in [7, 11) is 0. The van der Waals surface area contributed by atoms with Crippen molar-refractivity contribution in [3.05, 3.63) is 33.9 Å². The average Bonchev–Trinajstić information content (AvgIpc) is 3.11. The molecular formula is C15H20ClF2N3O3. The third kappa shape index (κ3) is 4.12. The van der Waals surface area contributed by atoms with Gasteiger partial charge in [-0.15, -0.1) is 12.4 Å². The number of hydrogen-bond donors (Lipinski definition) is 1. The first kappa shape index (κ1) is 18.8. The second-order valence-electron chi connectivity index (χ2n) is 6.32. The van der Waals surface area contributed by atoms with E-state index in [0.717, 1.165) is 39.0 Å². The van der Waals surface area contributed by atoms with Crippen LogP contribution in [0.15, 0.2) is 18.2 Å². The first-order valence-electron chi connectivity index (χ1n) is 7.63. The zero-order valence-electron chi connectivity index (χ0n) is 13.0. The van der Waals surface area contributed by atoms with Crippen LogP contribution in [-0.2, 0) is 6.54 Å². The molecule has 2 aliphatic heterocycles. The van der Waals surface area contributed by atoms with E-state index in [-0.39, 0.29) is 29.3 Å². The average molecular weight is 364 g/mol. The topological polar surface area (TPSA) is 67.6 Å². The van der Waals surface area contributed by atoms with Crippen molar-refractivity contribution in [2.75, 3.05) is 26.2 Å². The molecule has 3 rings (SSSR count). The predicted molar refractivity (Wildman–Crippen MR) is 86.8 cm³/mol. The number of likely N-dealkylation sites (tertiary alicyclic amines) is 1. The maximum Gasteiger partial charge on any atom is 0.387 e. The number of ether oxygens (including phenoxy) is 1. The van der Waals surface area contributed by atoms with E-state index in [9.17, 15) is 18.9 Å². The van der Waals surface area contributed by atoms with E-state index in [1.54, 1.807) is 0 Å². The molecule has 1 atom stereocenters.